The van der Waals surface area contributed by atoms with Crippen LogP contribution in [-0.2, 0) is 4.79 Å². The average Bonchev–Trinajstić information content (AvgIpc) is 2.22. The molecule has 0 heterocycles. The van der Waals surface area contributed by atoms with Gasteiger partial charge in [0.1, 0.15) is 5.78 Å². The second kappa shape index (κ2) is 5.16. The van der Waals surface area contributed by atoms with Crippen LogP contribution in [-0.4, -0.2) is 5.78 Å². The summed E-state index contributed by atoms with van der Waals surface area (Å²) >= 11 is 0. The van der Waals surface area contributed by atoms with Crippen LogP contribution < -0.4 is 0 Å². The van der Waals surface area contributed by atoms with E-state index in [0.29, 0.717) is 11.7 Å². The lowest BCUT2D eigenvalue weighted by Crippen LogP contribution is -2.28. The molecule has 0 N–H and O–H groups in total. The Bertz CT molecular complexity index is 277. The summed E-state index contributed by atoms with van der Waals surface area (Å²) in [6.45, 7) is 12.8. The standard InChI is InChI=1S/C15H26O/c1-11(2)14(16)8-10-15(5)9-6-7-12(3)13(15)4/h11-12H,4,6-10H2,1-3,5H3/t12-,15+/m0/s1. The summed E-state index contributed by atoms with van der Waals surface area (Å²) in [4.78, 5) is 11.7. The lowest BCUT2D eigenvalue weighted by Gasteiger charge is -2.39. The first-order valence-corrected chi connectivity index (χ1v) is 6.59. The third-order valence-electron chi connectivity index (χ3n) is 4.30. The molecule has 92 valence electrons. The Kier molecular flexibility index (Phi) is 4.35. The molecule has 0 spiro atoms. The van der Waals surface area contributed by atoms with Crippen molar-refractivity contribution >= 4 is 5.78 Å². The van der Waals surface area contributed by atoms with E-state index in [2.05, 4.69) is 20.4 Å². The van der Waals surface area contributed by atoms with E-state index in [-0.39, 0.29) is 11.3 Å². The minimum Gasteiger partial charge on any atom is -0.299 e. The van der Waals surface area contributed by atoms with Crippen LogP contribution in [0.2, 0.25) is 0 Å². The molecule has 1 rings (SSSR count). The zero-order chi connectivity index (χ0) is 12.3. The van der Waals surface area contributed by atoms with Crippen LogP contribution in [0.1, 0.15) is 59.8 Å². The molecule has 0 unspecified atom stereocenters. The fourth-order valence-electron chi connectivity index (χ4n) is 2.70. The summed E-state index contributed by atoms with van der Waals surface area (Å²) in [6, 6.07) is 0. The van der Waals surface area contributed by atoms with Gasteiger partial charge < -0.3 is 0 Å². The van der Waals surface area contributed by atoms with Gasteiger partial charge in [0.25, 0.3) is 0 Å². The SMILES string of the molecule is C=C1[C@@H](C)CCC[C@]1(C)CCC(=O)C(C)C. The summed E-state index contributed by atoms with van der Waals surface area (Å²) in [5.41, 5.74) is 1.58. The molecule has 1 nitrogen and oxygen atoms in total. The molecule has 0 saturated heterocycles. The Labute approximate surface area is 100 Å². The predicted molar refractivity (Wildman–Crippen MR) is 69.3 cm³/mol. The van der Waals surface area contributed by atoms with Gasteiger partial charge in [0, 0.05) is 12.3 Å². The highest BCUT2D eigenvalue weighted by Crippen LogP contribution is 2.45. The molecule has 0 aromatic heterocycles. The lowest BCUT2D eigenvalue weighted by atomic mass is 9.65. The van der Waals surface area contributed by atoms with Crippen molar-refractivity contribution in [1.29, 1.82) is 0 Å². The first-order valence-electron chi connectivity index (χ1n) is 6.59. The fraction of sp³-hybridized carbons (Fsp3) is 0.800. The van der Waals surface area contributed by atoms with Crippen LogP contribution in [0.15, 0.2) is 12.2 Å². The summed E-state index contributed by atoms with van der Waals surface area (Å²) in [5, 5.41) is 0. The largest absolute Gasteiger partial charge is 0.299 e. The predicted octanol–water partition coefficient (Wildman–Crippen LogP) is 4.37. The summed E-state index contributed by atoms with van der Waals surface area (Å²) in [6.07, 6.45) is 5.48. The maximum absolute atomic E-state index is 11.7. The topological polar surface area (TPSA) is 17.1 Å². The summed E-state index contributed by atoms with van der Waals surface area (Å²) in [7, 11) is 0. The highest BCUT2D eigenvalue weighted by molar-refractivity contribution is 5.80. The number of hydrogen-bond donors (Lipinski definition) is 0. The van der Waals surface area contributed by atoms with Gasteiger partial charge in [-0.15, -0.1) is 0 Å². The third-order valence-corrected chi connectivity index (χ3v) is 4.30. The molecule has 1 heteroatoms. The Morgan fingerprint density at radius 1 is 1.56 bits per heavy atom. The van der Waals surface area contributed by atoms with Crippen molar-refractivity contribution in [2.24, 2.45) is 17.3 Å². The van der Waals surface area contributed by atoms with E-state index in [0.717, 1.165) is 12.8 Å². The van der Waals surface area contributed by atoms with Crippen LogP contribution in [0.3, 0.4) is 0 Å². The van der Waals surface area contributed by atoms with Gasteiger partial charge >= 0.3 is 0 Å². The van der Waals surface area contributed by atoms with E-state index in [1.165, 1.54) is 24.8 Å². The summed E-state index contributed by atoms with van der Waals surface area (Å²) in [5.74, 6) is 1.21. The van der Waals surface area contributed by atoms with Crippen LogP contribution in [0, 0.1) is 17.3 Å². The highest BCUT2D eigenvalue weighted by atomic mass is 16.1. The van der Waals surface area contributed by atoms with Crippen molar-refractivity contribution in [2.75, 3.05) is 0 Å². The summed E-state index contributed by atoms with van der Waals surface area (Å²) < 4.78 is 0. The Morgan fingerprint density at radius 3 is 2.75 bits per heavy atom. The third kappa shape index (κ3) is 2.96. The van der Waals surface area contributed by atoms with Gasteiger partial charge in [-0.05, 0) is 30.6 Å². The number of carbonyl (C=O) groups excluding carboxylic acids is 1. The van der Waals surface area contributed by atoms with Gasteiger partial charge in [-0.25, -0.2) is 0 Å². The number of hydrogen-bond acceptors (Lipinski definition) is 1. The van der Waals surface area contributed by atoms with E-state index >= 15 is 0 Å². The smallest absolute Gasteiger partial charge is 0.135 e. The van der Waals surface area contributed by atoms with Gasteiger partial charge in [-0.3, -0.25) is 4.79 Å². The molecule has 2 atom stereocenters. The fourth-order valence-corrected chi connectivity index (χ4v) is 2.70. The Balaban J connectivity index is 2.57. The molecule has 0 aromatic carbocycles. The number of allylic oxidation sites excluding steroid dienone is 1. The van der Waals surface area contributed by atoms with Gasteiger partial charge in [0.15, 0.2) is 0 Å². The van der Waals surface area contributed by atoms with Gasteiger partial charge in [0.05, 0.1) is 0 Å². The Hall–Kier alpha value is -0.590. The first-order chi connectivity index (χ1) is 7.37. The van der Waals surface area contributed by atoms with Crippen molar-refractivity contribution in [3.63, 3.8) is 0 Å². The second-order valence-electron chi connectivity index (χ2n) is 6.00. The normalized spacial score (nSPS) is 30.8. The molecule has 0 aliphatic heterocycles. The van der Waals surface area contributed by atoms with E-state index in [4.69, 9.17) is 0 Å². The minimum absolute atomic E-state index is 0.179. The van der Waals surface area contributed by atoms with Crippen molar-refractivity contribution in [3.05, 3.63) is 12.2 Å². The second-order valence-corrected chi connectivity index (χ2v) is 6.00. The molecular formula is C15H26O. The number of ketones is 1. The van der Waals surface area contributed by atoms with Crippen molar-refractivity contribution in [2.45, 2.75) is 59.8 Å². The van der Waals surface area contributed by atoms with Crippen LogP contribution >= 0.6 is 0 Å². The zero-order valence-corrected chi connectivity index (χ0v) is 11.3. The molecule has 1 saturated carbocycles. The van der Waals surface area contributed by atoms with Crippen molar-refractivity contribution in [1.82, 2.24) is 0 Å². The van der Waals surface area contributed by atoms with Crippen LogP contribution in [0.5, 0.6) is 0 Å². The van der Waals surface area contributed by atoms with Crippen LogP contribution in [0.4, 0.5) is 0 Å². The molecule has 0 radical (unpaired) electrons. The van der Waals surface area contributed by atoms with Gasteiger partial charge in [-0.1, -0.05) is 46.3 Å². The number of carbonyl (C=O) groups is 1. The first kappa shape index (κ1) is 13.5. The van der Waals surface area contributed by atoms with E-state index < -0.39 is 0 Å². The molecule has 0 bridgehead atoms. The van der Waals surface area contributed by atoms with E-state index in [9.17, 15) is 4.79 Å². The van der Waals surface area contributed by atoms with Crippen molar-refractivity contribution < 1.29 is 4.79 Å². The highest BCUT2D eigenvalue weighted by Gasteiger charge is 2.34. The monoisotopic (exact) mass is 222 g/mol. The van der Waals surface area contributed by atoms with E-state index in [1.54, 1.807) is 0 Å². The number of rotatable bonds is 4. The molecule has 1 aliphatic carbocycles. The lowest BCUT2D eigenvalue weighted by molar-refractivity contribution is -0.122. The quantitative estimate of drug-likeness (QED) is 0.645. The maximum atomic E-state index is 11.7. The zero-order valence-electron chi connectivity index (χ0n) is 11.3. The Morgan fingerprint density at radius 2 is 2.19 bits per heavy atom. The average molecular weight is 222 g/mol. The molecule has 1 aliphatic rings. The van der Waals surface area contributed by atoms with E-state index in [1.807, 2.05) is 13.8 Å². The molecule has 0 amide bonds. The molecule has 16 heavy (non-hydrogen) atoms. The molecule has 1 fully saturated rings. The molecule has 0 aromatic rings. The van der Waals surface area contributed by atoms with Crippen molar-refractivity contribution in [3.8, 4) is 0 Å². The minimum atomic E-state index is 0.179. The van der Waals surface area contributed by atoms with Gasteiger partial charge in [0.2, 0.25) is 0 Å². The maximum Gasteiger partial charge on any atom is 0.135 e. The van der Waals surface area contributed by atoms with Gasteiger partial charge in [-0.2, -0.15) is 0 Å². The molecular weight excluding hydrogens is 196 g/mol. The number of Topliss-reactive ketones (excluding diaryl/α,β-unsaturated/α-hetero) is 1. The van der Waals surface area contributed by atoms with Crippen LogP contribution in [0.25, 0.3) is 0 Å².